The van der Waals surface area contributed by atoms with E-state index in [4.69, 9.17) is 9.47 Å². The Balaban J connectivity index is 2.07. The Labute approximate surface area is 577 Å². The number of nitrogens with one attached hydrogen (secondary N) is 1. The second-order valence-electron chi connectivity index (χ2n) is 28.9. The molecule has 1 heterocycles. The lowest BCUT2D eigenvalue weighted by Gasteiger charge is -2.40. The fourth-order valence-corrected chi connectivity index (χ4v) is 13.4. The molecule has 9 nitrogen and oxygen atoms in total. The van der Waals surface area contributed by atoms with Gasteiger partial charge in [-0.15, -0.1) is 0 Å². The van der Waals surface area contributed by atoms with Crippen LogP contribution in [0.5, 0.6) is 0 Å². The molecular weight excluding hydrogens is 1150 g/mol. The van der Waals surface area contributed by atoms with Crippen LogP contribution in [-0.4, -0.2) is 87.5 Å². The summed E-state index contributed by atoms with van der Waals surface area (Å²) < 4.78 is 11.3. The van der Waals surface area contributed by atoms with Crippen molar-refractivity contribution in [1.29, 1.82) is 0 Å². The molecule has 1 aliphatic heterocycles. The van der Waals surface area contributed by atoms with E-state index in [1.54, 1.807) is 6.08 Å². The number of hydrogen-bond acceptors (Lipinski definition) is 8. The topological polar surface area (TPSA) is 149 Å². The molecule has 1 rings (SSSR count). The fraction of sp³-hybridized carbons (Fsp3) is 0.893. The van der Waals surface area contributed by atoms with Crippen LogP contribution in [0.4, 0.5) is 0 Å². The molecule has 6 N–H and O–H groups in total. The molecule has 7 unspecified atom stereocenters. The summed E-state index contributed by atoms with van der Waals surface area (Å²) in [6.07, 6.45) is 94.3. The first-order valence-corrected chi connectivity index (χ1v) is 41.4. The maximum atomic E-state index is 13.2. The molecule has 1 saturated heterocycles. The summed E-state index contributed by atoms with van der Waals surface area (Å²) in [5.41, 5.74) is 0. The third kappa shape index (κ3) is 61.0. The maximum Gasteiger partial charge on any atom is 0.220 e. The van der Waals surface area contributed by atoms with E-state index in [0.29, 0.717) is 6.42 Å². The Kier molecular flexibility index (Phi) is 69.9. The van der Waals surface area contributed by atoms with Crippen molar-refractivity contribution in [3.05, 3.63) is 48.6 Å². The number of amides is 1. The summed E-state index contributed by atoms with van der Waals surface area (Å²) in [5.74, 6) is -0.182. The number of unbranched alkanes of at least 4 members (excludes halogenated alkanes) is 58. The standard InChI is InChI=1S/C84H159NO8/c1-3-5-7-9-11-13-15-17-19-21-23-25-27-29-31-33-35-37-38-39-40-42-44-46-48-50-52-54-56-58-60-62-64-66-68-70-72-74-80(88)85-77(76-92-84-83(91)82(90)81(89)79(75-86)93-84)78(87)73-71-69-67-65-63-61-59-57-55-53-51-49-47-45-43-41-36-34-32-30-28-26-24-22-20-18-16-14-12-10-8-6-4-2/h21,23,55,57,63,65,71,73,77-79,81-84,86-87,89-91H,3-20,22,24-54,56,58-62,64,66-70,72,74-76H2,1-2H3,(H,85,88)/b23-21-,57-55+,65-63+,73-71+. The average Bonchev–Trinajstić information content (AvgIpc) is 1.01. The van der Waals surface area contributed by atoms with Crippen LogP contribution < -0.4 is 5.32 Å². The smallest absolute Gasteiger partial charge is 0.220 e. The highest BCUT2D eigenvalue weighted by Gasteiger charge is 2.44. The lowest BCUT2D eigenvalue weighted by molar-refractivity contribution is -0.302. The SMILES string of the molecule is CCCCCCCCCC/C=C\CCCCCCCCCCCCCCCCCCCCCCCCCCCC(=O)NC(COC1OC(CO)C(O)C(O)C1O)C(O)/C=C/CC/C=C/CC/C=C/CCCCCCCCCCCCCCCCCCCCCCCCC. The highest BCUT2D eigenvalue weighted by atomic mass is 16.7. The van der Waals surface area contributed by atoms with Crippen molar-refractivity contribution in [3.8, 4) is 0 Å². The lowest BCUT2D eigenvalue weighted by Crippen LogP contribution is -2.60. The van der Waals surface area contributed by atoms with Gasteiger partial charge in [0, 0.05) is 6.42 Å². The zero-order valence-corrected chi connectivity index (χ0v) is 61.8. The number of rotatable bonds is 74. The molecule has 0 bridgehead atoms. The van der Waals surface area contributed by atoms with E-state index in [2.05, 4.69) is 55.6 Å². The Morgan fingerprint density at radius 3 is 0.903 bits per heavy atom. The van der Waals surface area contributed by atoms with Gasteiger partial charge in [0.15, 0.2) is 6.29 Å². The molecule has 7 atom stereocenters. The molecule has 1 aliphatic rings. The van der Waals surface area contributed by atoms with Crippen LogP contribution in [0.15, 0.2) is 48.6 Å². The molecule has 548 valence electrons. The molecule has 1 fully saturated rings. The number of hydrogen-bond donors (Lipinski definition) is 6. The van der Waals surface area contributed by atoms with Crippen LogP contribution in [0.2, 0.25) is 0 Å². The molecule has 0 aromatic rings. The Morgan fingerprint density at radius 1 is 0.355 bits per heavy atom. The second kappa shape index (κ2) is 72.9. The van der Waals surface area contributed by atoms with Gasteiger partial charge in [0.05, 0.1) is 25.4 Å². The number of aliphatic hydroxyl groups excluding tert-OH is 5. The van der Waals surface area contributed by atoms with Crippen molar-refractivity contribution in [2.45, 2.75) is 468 Å². The molecule has 0 aliphatic carbocycles. The highest BCUT2D eigenvalue weighted by Crippen LogP contribution is 2.24. The fourth-order valence-electron chi connectivity index (χ4n) is 13.4. The van der Waals surface area contributed by atoms with E-state index < -0.39 is 49.5 Å². The van der Waals surface area contributed by atoms with Crippen molar-refractivity contribution in [2.24, 2.45) is 0 Å². The third-order valence-corrected chi connectivity index (χ3v) is 19.9. The van der Waals surface area contributed by atoms with Crippen LogP contribution in [0, 0.1) is 0 Å². The van der Waals surface area contributed by atoms with E-state index in [-0.39, 0.29) is 12.5 Å². The van der Waals surface area contributed by atoms with Crippen LogP contribution in [0.3, 0.4) is 0 Å². The van der Waals surface area contributed by atoms with Crippen LogP contribution in [0.1, 0.15) is 425 Å². The summed E-state index contributed by atoms with van der Waals surface area (Å²) in [7, 11) is 0. The van der Waals surface area contributed by atoms with Crippen molar-refractivity contribution >= 4 is 5.91 Å². The highest BCUT2D eigenvalue weighted by molar-refractivity contribution is 5.76. The Hall–Kier alpha value is -1.85. The first-order chi connectivity index (χ1) is 45.8. The van der Waals surface area contributed by atoms with Crippen molar-refractivity contribution in [3.63, 3.8) is 0 Å². The second-order valence-corrected chi connectivity index (χ2v) is 28.9. The predicted molar refractivity (Wildman–Crippen MR) is 401 cm³/mol. The molecule has 93 heavy (non-hydrogen) atoms. The zero-order chi connectivity index (χ0) is 67.1. The number of aliphatic hydroxyl groups is 5. The van der Waals surface area contributed by atoms with Gasteiger partial charge >= 0.3 is 0 Å². The number of carbonyl (C=O) groups excluding carboxylic acids is 1. The van der Waals surface area contributed by atoms with Crippen molar-refractivity contribution < 1.29 is 39.8 Å². The van der Waals surface area contributed by atoms with Gasteiger partial charge in [-0.25, -0.2) is 0 Å². The minimum atomic E-state index is -1.58. The van der Waals surface area contributed by atoms with E-state index in [1.165, 1.54) is 360 Å². The summed E-state index contributed by atoms with van der Waals surface area (Å²) in [5, 5.41) is 54.9. The normalized spacial score (nSPS) is 17.8. The van der Waals surface area contributed by atoms with E-state index in [9.17, 15) is 30.3 Å². The summed E-state index contributed by atoms with van der Waals surface area (Å²) >= 11 is 0. The quantitative estimate of drug-likeness (QED) is 0.0261. The van der Waals surface area contributed by atoms with Crippen molar-refractivity contribution in [2.75, 3.05) is 13.2 Å². The van der Waals surface area contributed by atoms with Crippen LogP contribution >= 0.6 is 0 Å². The maximum absolute atomic E-state index is 13.2. The van der Waals surface area contributed by atoms with E-state index in [0.717, 1.165) is 44.9 Å². The van der Waals surface area contributed by atoms with Gasteiger partial charge in [-0.3, -0.25) is 4.79 Å². The minimum absolute atomic E-state index is 0.182. The van der Waals surface area contributed by atoms with Gasteiger partial charge in [0.2, 0.25) is 5.91 Å². The Morgan fingerprint density at radius 2 is 0.613 bits per heavy atom. The van der Waals surface area contributed by atoms with Gasteiger partial charge in [-0.1, -0.05) is 396 Å². The summed E-state index contributed by atoms with van der Waals surface area (Å²) in [6.45, 7) is 3.82. The van der Waals surface area contributed by atoms with Crippen LogP contribution in [-0.2, 0) is 14.3 Å². The molecule has 0 aromatic heterocycles. The zero-order valence-electron chi connectivity index (χ0n) is 61.8. The third-order valence-electron chi connectivity index (χ3n) is 19.9. The minimum Gasteiger partial charge on any atom is -0.394 e. The van der Waals surface area contributed by atoms with Gasteiger partial charge in [-0.05, 0) is 70.6 Å². The van der Waals surface area contributed by atoms with Crippen LogP contribution in [0.25, 0.3) is 0 Å². The Bertz CT molecular complexity index is 1620. The summed E-state index contributed by atoms with van der Waals surface area (Å²) in [6, 6.07) is -0.830. The average molecular weight is 1310 g/mol. The molecule has 1 amide bonds. The molecule has 0 saturated carbocycles. The van der Waals surface area contributed by atoms with E-state index in [1.807, 2.05) is 6.08 Å². The first kappa shape index (κ1) is 89.2. The largest absolute Gasteiger partial charge is 0.394 e. The molecule has 9 heteroatoms. The van der Waals surface area contributed by atoms with Gasteiger partial charge in [0.25, 0.3) is 0 Å². The summed E-state index contributed by atoms with van der Waals surface area (Å²) in [4.78, 5) is 13.2. The number of allylic oxidation sites excluding steroid dienone is 7. The predicted octanol–water partition coefficient (Wildman–Crippen LogP) is 23.9. The molecular formula is C84H159NO8. The van der Waals surface area contributed by atoms with Gasteiger partial charge < -0.3 is 40.3 Å². The molecule has 0 aromatic carbocycles. The first-order valence-electron chi connectivity index (χ1n) is 41.4. The van der Waals surface area contributed by atoms with E-state index >= 15 is 0 Å². The number of carbonyl (C=O) groups is 1. The monoisotopic (exact) mass is 1310 g/mol. The van der Waals surface area contributed by atoms with Crippen molar-refractivity contribution in [1.82, 2.24) is 5.32 Å². The van der Waals surface area contributed by atoms with Gasteiger partial charge in [-0.2, -0.15) is 0 Å². The molecule has 0 radical (unpaired) electrons. The number of ether oxygens (including phenoxy) is 2. The lowest BCUT2D eigenvalue weighted by atomic mass is 9.99. The molecule has 0 spiro atoms. The van der Waals surface area contributed by atoms with Gasteiger partial charge in [0.1, 0.15) is 24.4 Å².